The maximum Gasteiger partial charge on any atom is 0.0862 e. The number of nitrogens with zero attached hydrogens (tertiary/aromatic N) is 2. The second kappa shape index (κ2) is 4.17. The Hall–Kier alpha value is -1.77. The molecule has 3 heteroatoms. The van der Waals surface area contributed by atoms with Gasteiger partial charge in [0.05, 0.1) is 6.34 Å². The Bertz CT molecular complexity index is 386. The van der Waals surface area contributed by atoms with Crippen molar-refractivity contribution in [2.24, 2.45) is 4.99 Å². The van der Waals surface area contributed by atoms with E-state index in [4.69, 9.17) is 0 Å². The van der Waals surface area contributed by atoms with Gasteiger partial charge in [0, 0.05) is 43.2 Å². The fourth-order valence-electron chi connectivity index (χ4n) is 1.72. The van der Waals surface area contributed by atoms with Crippen molar-refractivity contribution in [2.75, 3.05) is 7.05 Å². The first kappa shape index (κ1) is 9.77. The maximum atomic E-state index is 4.02. The summed E-state index contributed by atoms with van der Waals surface area (Å²) in [6, 6.07) is 0. The van der Waals surface area contributed by atoms with Crippen molar-refractivity contribution in [1.82, 2.24) is 10.2 Å². The number of hydrogen-bond acceptors (Lipinski definition) is 2. The van der Waals surface area contributed by atoms with Crippen LogP contribution in [0.3, 0.4) is 0 Å². The van der Waals surface area contributed by atoms with Crippen molar-refractivity contribution < 1.29 is 0 Å². The Kier molecular flexibility index (Phi) is 2.72. The fourth-order valence-corrected chi connectivity index (χ4v) is 1.72. The van der Waals surface area contributed by atoms with Crippen LogP contribution in [0, 0.1) is 0 Å². The van der Waals surface area contributed by atoms with Gasteiger partial charge in [-0.2, -0.15) is 0 Å². The van der Waals surface area contributed by atoms with Crippen LogP contribution in [-0.2, 0) is 0 Å². The van der Waals surface area contributed by atoms with Crippen molar-refractivity contribution in [1.29, 1.82) is 0 Å². The van der Waals surface area contributed by atoms with Gasteiger partial charge in [-0.3, -0.25) is 4.99 Å². The lowest BCUT2D eigenvalue weighted by Crippen LogP contribution is -2.14. The molecule has 1 N–H and O–H groups in total. The predicted molar refractivity (Wildman–Crippen MR) is 63.1 cm³/mol. The van der Waals surface area contributed by atoms with E-state index in [-0.39, 0.29) is 0 Å². The molecule has 0 saturated heterocycles. The zero-order valence-electron chi connectivity index (χ0n) is 8.90. The van der Waals surface area contributed by atoms with E-state index in [1.807, 2.05) is 0 Å². The molecule has 2 rings (SSSR count). The van der Waals surface area contributed by atoms with Crippen molar-refractivity contribution in [3.63, 3.8) is 0 Å². The summed E-state index contributed by atoms with van der Waals surface area (Å²) in [6.45, 7) is 4.02. The zero-order chi connectivity index (χ0) is 10.7. The van der Waals surface area contributed by atoms with Crippen LogP contribution < -0.4 is 5.32 Å². The molecule has 1 heterocycles. The van der Waals surface area contributed by atoms with Gasteiger partial charge in [0.2, 0.25) is 0 Å². The molecule has 0 aromatic rings. The van der Waals surface area contributed by atoms with E-state index in [1.165, 1.54) is 11.4 Å². The highest BCUT2D eigenvalue weighted by Gasteiger charge is 2.17. The summed E-state index contributed by atoms with van der Waals surface area (Å²) >= 11 is 0. The van der Waals surface area contributed by atoms with E-state index in [1.54, 1.807) is 13.4 Å². The van der Waals surface area contributed by atoms with Crippen molar-refractivity contribution in [3.05, 3.63) is 48.1 Å². The average Bonchev–Trinajstić information content (AvgIpc) is 2.83. The van der Waals surface area contributed by atoms with Gasteiger partial charge < -0.3 is 10.2 Å². The van der Waals surface area contributed by atoms with E-state index in [0.29, 0.717) is 0 Å². The molecule has 1 aliphatic carbocycles. The number of allylic oxidation sites excluding steroid dienone is 3. The molecule has 0 saturated carbocycles. The summed E-state index contributed by atoms with van der Waals surface area (Å²) in [6.07, 6.45) is 12.0. The predicted octanol–water partition coefficient (Wildman–Crippen LogP) is 2.14. The molecule has 0 unspecified atom stereocenters. The minimum atomic E-state index is 0.912. The smallest absolute Gasteiger partial charge is 0.0862 e. The summed E-state index contributed by atoms with van der Waals surface area (Å²) in [5, 5.41) is 3.14. The van der Waals surface area contributed by atoms with E-state index in [9.17, 15) is 0 Å². The lowest BCUT2D eigenvalue weighted by Gasteiger charge is -2.19. The summed E-state index contributed by atoms with van der Waals surface area (Å²) in [7, 11) is 1.75. The zero-order valence-corrected chi connectivity index (χ0v) is 8.90. The molecule has 0 fully saturated rings. The van der Waals surface area contributed by atoms with Crippen LogP contribution in [0.25, 0.3) is 0 Å². The summed E-state index contributed by atoms with van der Waals surface area (Å²) in [5.41, 5.74) is 3.57. The minimum Gasteiger partial charge on any atom is -0.350 e. The first-order valence-electron chi connectivity index (χ1n) is 5.02. The Labute approximate surface area is 90.2 Å². The van der Waals surface area contributed by atoms with E-state index in [2.05, 4.69) is 46.2 Å². The topological polar surface area (TPSA) is 27.6 Å². The number of nitrogens with one attached hydrogen (secondary N) is 1. The first-order chi connectivity index (χ1) is 7.31. The molecule has 3 nitrogen and oxygen atoms in total. The van der Waals surface area contributed by atoms with Crippen molar-refractivity contribution >= 4 is 6.34 Å². The minimum absolute atomic E-state index is 0.912. The molecule has 0 aromatic heterocycles. The molecule has 0 radical (unpaired) electrons. The summed E-state index contributed by atoms with van der Waals surface area (Å²) in [5.74, 6) is 0. The Morgan fingerprint density at radius 3 is 3.07 bits per heavy atom. The molecule has 0 amide bonds. The monoisotopic (exact) mass is 201 g/mol. The van der Waals surface area contributed by atoms with Crippen molar-refractivity contribution in [2.45, 2.75) is 12.8 Å². The third-order valence-electron chi connectivity index (χ3n) is 2.49. The Morgan fingerprint density at radius 2 is 2.40 bits per heavy atom. The van der Waals surface area contributed by atoms with Crippen LogP contribution in [0.2, 0.25) is 0 Å². The van der Waals surface area contributed by atoms with Gasteiger partial charge in [-0.1, -0.05) is 12.7 Å². The van der Waals surface area contributed by atoms with Gasteiger partial charge in [-0.05, 0) is 12.2 Å². The van der Waals surface area contributed by atoms with Gasteiger partial charge in [0.15, 0.2) is 0 Å². The van der Waals surface area contributed by atoms with Crippen LogP contribution in [-0.4, -0.2) is 18.3 Å². The third kappa shape index (κ3) is 2.01. The van der Waals surface area contributed by atoms with Gasteiger partial charge >= 0.3 is 0 Å². The normalized spacial score (nSPS) is 20.1. The fraction of sp³-hybridized carbons (Fsp3) is 0.250. The third-order valence-corrected chi connectivity index (χ3v) is 2.49. The molecule has 0 atom stereocenters. The van der Waals surface area contributed by atoms with Gasteiger partial charge in [0.1, 0.15) is 0 Å². The van der Waals surface area contributed by atoms with Crippen LogP contribution in [0.5, 0.6) is 0 Å². The standard InChI is InChI=1S/C12H15N3/c1-10-4-3-7-15(10)12-6-5-11(8-12)14-9-13-2/h3,5-7,9H,1,4,8H2,2H3,(H,13,14). The largest absolute Gasteiger partial charge is 0.350 e. The van der Waals surface area contributed by atoms with Gasteiger partial charge in [-0.25, -0.2) is 0 Å². The molecule has 2 aliphatic rings. The molecule has 78 valence electrons. The highest BCUT2D eigenvalue weighted by atomic mass is 15.1. The lowest BCUT2D eigenvalue weighted by molar-refractivity contribution is 0.576. The summed E-state index contributed by atoms with van der Waals surface area (Å²) < 4.78 is 0. The highest BCUT2D eigenvalue weighted by molar-refractivity contribution is 5.58. The Morgan fingerprint density at radius 1 is 1.53 bits per heavy atom. The number of hydrogen-bond donors (Lipinski definition) is 1. The lowest BCUT2D eigenvalue weighted by atomic mass is 10.3. The molecule has 0 spiro atoms. The van der Waals surface area contributed by atoms with Crippen LogP contribution in [0.4, 0.5) is 0 Å². The molecule has 1 aliphatic heterocycles. The van der Waals surface area contributed by atoms with Crippen LogP contribution in [0.15, 0.2) is 53.1 Å². The second-order valence-electron chi connectivity index (χ2n) is 3.58. The quantitative estimate of drug-likeness (QED) is 0.559. The van der Waals surface area contributed by atoms with E-state index < -0.39 is 0 Å². The van der Waals surface area contributed by atoms with Crippen LogP contribution in [0.1, 0.15) is 12.8 Å². The molecule has 0 bridgehead atoms. The molecule has 0 aromatic carbocycles. The number of aliphatic imine (C=N–C) groups is 1. The second-order valence-corrected chi connectivity index (χ2v) is 3.58. The average molecular weight is 201 g/mol. The van der Waals surface area contributed by atoms with E-state index >= 15 is 0 Å². The SMILES string of the molecule is C=C1CC=CN1C1=CC=C(NC=NC)C1. The van der Waals surface area contributed by atoms with Gasteiger partial charge in [-0.15, -0.1) is 0 Å². The molecular formula is C12H15N3. The van der Waals surface area contributed by atoms with Crippen molar-refractivity contribution in [3.8, 4) is 0 Å². The molecule has 15 heavy (non-hydrogen) atoms. The Balaban J connectivity index is 1.95. The number of rotatable bonds is 3. The van der Waals surface area contributed by atoms with E-state index in [0.717, 1.165) is 18.5 Å². The summed E-state index contributed by atoms with van der Waals surface area (Å²) in [4.78, 5) is 6.04. The first-order valence-corrected chi connectivity index (χ1v) is 5.02. The van der Waals surface area contributed by atoms with Gasteiger partial charge in [0.25, 0.3) is 0 Å². The highest BCUT2D eigenvalue weighted by Crippen LogP contribution is 2.28. The maximum absolute atomic E-state index is 4.02. The molecular weight excluding hydrogens is 186 g/mol. The van der Waals surface area contributed by atoms with Crippen LogP contribution >= 0.6 is 0 Å².